The Morgan fingerprint density at radius 3 is 2.85 bits per heavy atom. The first-order valence-electron chi connectivity index (χ1n) is 5.89. The molecule has 0 saturated carbocycles. The van der Waals surface area contributed by atoms with Gasteiger partial charge >= 0.3 is 11.9 Å². The molecule has 0 unspecified atom stereocenters. The molecule has 106 valence electrons. The monoisotopic (exact) mass is 294 g/mol. The van der Waals surface area contributed by atoms with E-state index in [9.17, 15) is 9.59 Å². The van der Waals surface area contributed by atoms with Crippen LogP contribution in [0.4, 0.5) is 0 Å². The number of hydrogen-bond acceptors (Lipinski definition) is 5. The molecule has 0 radical (unpaired) electrons. The predicted molar refractivity (Wildman–Crippen MR) is 74.8 cm³/mol. The summed E-state index contributed by atoms with van der Waals surface area (Å²) in [5, 5.41) is 9.26. The summed E-state index contributed by atoms with van der Waals surface area (Å²) in [6, 6.07) is 5.68. The quantitative estimate of drug-likeness (QED) is 0.667. The number of aryl methyl sites for hydroxylation is 1. The number of esters is 1. The van der Waals surface area contributed by atoms with Gasteiger partial charge in [-0.2, -0.15) is 0 Å². The summed E-state index contributed by atoms with van der Waals surface area (Å²) >= 11 is 1.08. The number of rotatable bonds is 5. The minimum Gasteiger partial charge on any atom is -0.481 e. The van der Waals surface area contributed by atoms with Gasteiger partial charge in [0.15, 0.2) is 5.16 Å². The Morgan fingerprint density at radius 2 is 2.20 bits per heavy atom. The Hall–Kier alpha value is -2.02. The third-order valence-corrected chi connectivity index (χ3v) is 3.67. The Morgan fingerprint density at radius 1 is 1.45 bits per heavy atom. The fourth-order valence-electron chi connectivity index (χ4n) is 1.80. The van der Waals surface area contributed by atoms with Crippen LogP contribution in [0.3, 0.4) is 0 Å². The van der Waals surface area contributed by atoms with Crippen molar-refractivity contribution in [3.63, 3.8) is 0 Å². The summed E-state index contributed by atoms with van der Waals surface area (Å²) in [6.07, 6.45) is 0. The van der Waals surface area contributed by atoms with Crippen LogP contribution >= 0.6 is 11.8 Å². The average molecular weight is 294 g/mol. The van der Waals surface area contributed by atoms with Crippen molar-refractivity contribution in [2.45, 2.75) is 18.6 Å². The van der Waals surface area contributed by atoms with Crippen molar-refractivity contribution in [2.24, 2.45) is 0 Å². The lowest BCUT2D eigenvalue weighted by molar-refractivity contribution is -0.141. The van der Waals surface area contributed by atoms with Crippen LogP contribution in [0.5, 0.6) is 0 Å². The molecule has 1 heterocycles. The number of aliphatic carboxylic acids is 1. The van der Waals surface area contributed by atoms with Gasteiger partial charge < -0.3 is 14.4 Å². The van der Waals surface area contributed by atoms with Crippen LogP contribution in [-0.4, -0.2) is 39.5 Å². The second-order valence-electron chi connectivity index (χ2n) is 4.23. The molecular formula is C13H14N2O4S. The standard InChI is InChI=1S/C13H14N2O4S/c1-8-3-4-10-9(5-8)14-13(20-7-11(16)17)15(10)6-12(18)19-2/h3-5H,6-7H2,1-2H3,(H,16,17). The SMILES string of the molecule is COC(=O)Cn1c(SCC(=O)O)nc2cc(C)ccc21. The highest BCUT2D eigenvalue weighted by Crippen LogP contribution is 2.24. The summed E-state index contributed by atoms with van der Waals surface area (Å²) in [4.78, 5) is 26.6. The van der Waals surface area contributed by atoms with Gasteiger partial charge in [-0.15, -0.1) is 0 Å². The molecule has 1 aromatic carbocycles. The molecule has 2 rings (SSSR count). The van der Waals surface area contributed by atoms with Crippen LogP contribution in [0.25, 0.3) is 11.0 Å². The molecule has 0 amide bonds. The fraction of sp³-hybridized carbons (Fsp3) is 0.308. The molecule has 1 N–H and O–H groups in total. The van der Waals surface area contributed by atoms with E-state index in [-0.39, 0.29) is 12.3 Å². The van der Waals surface area contributed by atoms with E-state index in [1.165, 1.54) is 7.11 Å². The maximum atomic E-state index is 11.5. The maximum Gasteiger partial charge on any atom is 0.325 e. The van der Waals surface area contributed by atoms with Crippen molar-refractivity contribution in [2.75, 3.05) is 12.9 Å². The van der Waals surface area contributed by atoms with Gasteiger partial charge in [-0.05, 0) is 24.6 Å². The first-order valence-corrected chi connectivity index (χ1v) is 6.88. The Bertz CT molecular complexity index is 666. The van der Waals surface area contributed by atoms with E-state index < -0.39 is 11.9 Å². The van der Waals surface area contributed by atoms with Crippen molar-refractivity contribution >= 4 is 34.7 Å². The van der Waals surface area contributed by atoms with Crippen LogP contribution in [-0.2, 0) is 20.9 Å². The fourth-order valence-corrected chi connectivity index (χ4v) is 2.53. The average Bonchev–Trinajstić information content (AvgIpc) is 2.73. The van der Waals surface area contributed by atoms with E-state index in [4.69, 9.17) is 5.11 Å². The van der Waals surface area contributed by atoms with Gasteiger partial charge in [-0.3, -0.25) is 9.59 Å². The Kier molecular flexibility index (Phi) is 4.29. The molecule has 0 spiro atoms. The summed E-state index contributed by atoms with van der Waals surface area (Å²) in [5.74, 6) is -1.44. The highest BCUT2D eigenvalue weighted by molar-refractivity contribution is 7.99. The minimum atomic E-state index is -0.928. The van der Waals surface area contributed by atoms with Gasteiger partial charge in [-0.25, -0.2) is 4.98 Å². The zero-order valence-electron chi connectivity index (χ0n) is 11.1. The third kappa shape index (κ3) is 3.11. The zero-order valence-corrected chi connectivity index (χ0v) is 11.9. The predicted octanol–water partition coefficient (Wildman–Crippen LogP) is 1.69. The second-order valence-corrected chi connectivity index (χ2v) is 5.17. The summed E-state index contributed by atoms with van der Waals surface area (Å²) in [5.41, 5.74) is 2.57. The first-order chi connectivity index (χ1) is 9.51. The van der Waals surface area contributed by atoms with Crippen molar-refractivity contribution in [3.8, 4) is 0 Å². The zero-order chi connectivity index (χ0) is 14.7. The largest absolute Gasteiger partial charge is 0.481 e. The number of methoxy groups -OCH3 is 1. The van der Waals surface area contributed by atoms with Crippen LogP contribution in [0.15, 0.2) is 23.4 Å². The van der Waals surface area contributed by atoms with E-state index in [0.29, 0.717) is 5.16 Å². The highest BCUT2D eigenvalue weighted by Gasteiger charge is 2.15. The molecule has 0 atom stereocenters. The minimum absolute atomic E-state index is 0.0119. The molecule has 0 aliphatic carbocycles. The molecule has 0 aliphatic heterocycles. The molecule has 0 aliphatic rings. The van der Waals surface area contributed by atoms with Crippen molar-refractivity contribution in [1.82, 2.24) is 9.55 Å². The van der Waals surface area contributed by atoms with Gasteiger partial charge in [0.1, 0.15) is 6.54 Å². The number of carboxylic acid groups (broad SMARTS) is 1. The number of hydrogen-bond donors (Lipinski definition) is 1. The first kappa shape index (κ1) is 14.4. The maximum absolute atomic E-state index is 11.5. The molecule has 7 heteroatoms. The topological polar surface area (TPSA) is 81.4 Å². The Labute approximate surface area is 119 Å². The van der Waals surface area contributed by atoms with Gasteiger partial charge in [0.25, 0.3) is 0 Å². The number of carbonyl (C=O) groups is 2. The Balaban J connectivity index is 2.44. The number of thioether (sulfide) groups is 1. The summed E-state index contributed by atoms with van der Waals surface area (Å²) in [7, 11) is 1.32. The molecule has 6 nitrogen and oxygen atoms in total. The number of imidazole rings is 1. The number of aromatic nitrogens is 2. The van der Waals surface area contributed by atoms with Gasteiger partial charge in [0.05, 0.1) is 23.9 Å². The van der Waals surface area contributed by atoms with Crippen molar-refractivity contribution in [3.05, 3.63) is 23.8 Å². The van der Waals surface area contributed by atoms with E-state index >= 15 is 0 Å². The number of fused-ring (bicyclic) bond motifs is 1. The van der Waals surface area contributed by atoms with E-state index in [1.807, 2.05) is 25.1 Å². The summed E-state index contributed by atoms with van der Waals surface area (Å²) in [6.45, 7) is 1.96. The lowest BCUT2D eigenvalue weighted by Crippen LogP contribution is -2.12. The molecule has 0 saturated heterocycles. The van der Waals surface area contributed by atoms with E-state index in [2.05, 4.69) is 9.72 Å². The van der Waals surface area contributed by atoms with Crippen LogP contribution in [0, 0.1) is 6.92 Å². The number of benzene rings is 1. The lowest BCUT2D eigenvalue weighted by Gasteiger charge is -2.06. The third-order valence-electron chi connectivity index (χ3n) is 2.71. The summed E-state index contributed by atoms with van der Waals surface area (Å²) < 4.78 is 6.34. The van der Waals surface area contributed by atoms with Crippen molar-refractivity contribution in [1.29, 1.82) is 0 Å². The molecule has 1 aromatic heterocycles. The highest BCUT2D eigenvalue weighted by atomic mass is 32.2. The van der Waals surface area contributed by atoms with Crippen LogP contribution in [0.1, 0.15) is 5.56 Å². The van der Waals surface area contributed by atoms with Gasteiger partial charge in [0, 0.05) is 0 Å². The molecule has 0 bridgehead atoms. The smallest absolute Gasteiger partial charge is 0.325 e. The van der Waals surface area contributed by atoms with Gasteiger partial charge in [0.2, 0.25) is 0 Å². The number of carboxylic acids is 1. The number of carbonyl (C=O) groups excluding carboxylic acids is 1. The number of nitrogens with zero attached hydrogens (tertiary/aromatic N) is 2. The van der Waals surface area contributed by atoms with Crippen LogP contribution < -0.4 is 0 Å². The number of ether oxygens (including phenoxy) is 1. The van der Waals surface area contributed by atoms with E-state index in [1.54, 1.807) is 4.57 Å². The van der Waals surface area contributed by atoms with Crippen molar-refractivity contribution < 1.29 is 19.4 Å². The molecule has 0 fully saturated rings. The van der Waals surface area contributed by atoms with E-state index in [0.717, 1.165) is 28.4 Å². The second kappa shape index (κ2) is 5.96. The molecular weight excluding hydrogens is 280 g/mol. The molecule has 2 aromatic rings. The normalized spacial score (nSPS) is 10.7. The van der Waals surface area contributed by atoms with Gasteiger partial charge in [-0.1, -0.05) is 17.8 Å². The lowest BCUT2D eigenvalue weighted by atomic mass is 10.2. The molecule has 20 heavy (non-hydrogen) atoms. The van der Waals surface area contributed by atoms with Crippen LogP contribution in [0.2, 0.25) is 0 Å².